The van der Waals surface area contributed by atoms with Crippen molar-refractivity contribution in [1.29, 1.82) is 0 Å². The van der Waals surface area contributed by atoms with Gasteiger partial charge in [-0.05, 0) is 30.3 Å². The van der Waals surface area contributed by atoms with E-state index in [1.807, 2.05) is 0 Å². The molecule has 0 bridgehead atoms. The lowest BCUT2D eigenvalue weighted by Gasteiger charge is -2.07. The van der Waals surface area contributed by atoms with Crippen LogP contribution < -0.4 is 0 Å². The molecular weight excluding hydrogens is 215 g/mol. The Labute approximate surface area is 90.6 Å². The maximum atomic E-state index is 12.3. The number of hydrogen-bond donors (Lipinski definition) is 0. The lowest BCUT2D eigenvalue weighted by Crippen LogP contribution is -2.04. The van der Waals surface area contributed by atoms with Gasteiger partial charge >= 0.3 is 6.18 Å². The summed E-state index contributed by atoms with van der Waals surface area (Å²) in [6.07, 6.45) is -2.75. The largest absolute Gasteiger partial charge is 0.416 e. The summed E-state index contributed by atoms with van der Waals surface area (Å²) >= 11 is 0. The van der Waals surface area contributed by atoms with Crippen molar-refractivity contribution in [3.05, 3.63) is 54.2 Å². The zero-order chi connectivity index (χ0) is 11.6. The molecule has 0 saturated carbocycles. The van der Waals surface area contributed by atoms with Crippen molar-refractivity contribution in [1.82, 2.24) is 4.98 Å². The van der Waals surface area contributed by atoms with Crippen molar-refractivity contribution in [3.8, 4) is 11.3 Å². The fourth-order valence-corrected chi connectivity index (χ4v) is 1.31. The zero-order valence-corrected chi connectivity index (χ0v) is 8.12. The van der Waals surface area contributed by atoms with Crippen molar-refractivity contribution in [2.45, 2.75) is 6.18 Å². The van der Waals surface area contributed by atoms with Crippen LogP contribution in [0.3, 0.4) is 0 Å². The molecule has 0 saturated heterocycles. The number of alkyl halides is 3. The molecule has 1 heterocycles. The lowest BCUT2D eigenvalue weighted by atomic mass is 10.1. The van der Waals surface area contributed by atoms with E-state index < -0.39 is 11.7 Å². The molecule has 0 aliphatic carbocycles. The molecule has 1 aromatic heterocycles. The Bertz CT molecular complexity index is 460. The highest BCUT2D eigenvalue weighted by molar-refractivity contribution is 5.58. The fourth-order valence-electron chi connectivity index (χ4n) is 1.31. The summed E-state index contributed by atoms with van der Waals surface area (Å²) in [4.78, 5) is 4.03. The summed E-state index contributed by atoms with van der Waals surface area (Å²) in [6, 6.07) is 11.0. The summed E-state index contributed by atoms with van der Waals surface area (Å²) in [6.45, 7) is 0. The van der Waals surface area contributed by atoms with Gasteiger partial charge in [-0.3, -0.25) is 4.98 Å². The van der Waals surface area contributed by atoms with Gasteiger partial charge in [-0.25, -0.2) is 0 Å². The molecule has 0 aliphatic rings. The first-order valence-electron chi connectivity index (χ1n) is 4.57. The third-order valence-electron chi connectivity index (χ3n) is 2.11. The van der Waals surface area contributed by atoms with E-state index in [-0.39, 0.29) is 0 Å². The number of benzene rings is 1. The summed E-state index contributed by atoms with van der Waals surface area (Å²) < 4.78 is 36.9. The smallest absolute Gasteiger partial charge is 0.256 e. The van der Waals surface area contributed by atoms with Crippen molar-refractivity contribution in [3.63, 3.8) is 0 Å². The second-order valence-electron chi connectivity index (χ2n) is 3.22. The minimum absolute atomic E-state index is 0.608. The van der Waals surface area contributed by atoms with Crippen molar-refractivity contribution < 1.29 is 13.2 Å². The van der Waals surface area contributed by atoms with E-state index in [1.54, 1.807) is 18.3 Å². The maximum absolute atomic E-state index is 12.3. The summed E-state index contributed by atoms with van der Waals surface area (Å²) in [7, 11) is 0. The third-order valence-corrected chi connectivity index (χ3v) is 2.11. The lowest BCUT2D eigenvalue weighted by molar-refractivity contribution is -0.137. The molecule has 1 nitrogen and oxygen atoms in total. The van der Waals surface area contributed by atoms with E-state index in [4.69, 9.17) is 0 Å². The molecule has 16 heavy (non-hydrogen) atoms. The van der Waals surface area contributed by atoms with Crippen LogP contribution in [0, 0.1) is 6.07 Å². The van der Waals surface area contributed by atoms with Gasteiger partial charge in [0.25, 0.3) is 0 Å². The van der Waals surface area contributed by atoms with Crippen molar-refractivity contribution >= 4 is 0 Å². The van der Waals surface area contributed by atoms with Crippen molar-refractivity contribution in [2.75, 3.05) is 0 Å². The predicted octanol–water partition coefficient (Wildman–Crippen LogP) is 3.57. The molecule has 1 aromatic carbocycles. The van der Waals surface area contributed by atoms with Crippen LogP contribution in [0.1, 0.15) is 5.56 Å². The number of nitrogens with zero attached hydrogens (tertiary/aromatic N) is 1. The second kappa shape index (κ2) is 3.96. The minimum Gasteiger partial charge on any atom is -0.256 e. The van der Waals surface area contributed by atoms with E-state index in [2.05, 4.69) is 11.1 Å². The molecule has 4 heteroatoms. The van der Waals surface area contributed by atoms with Crippen LogP contribution in [0.25, 0.3) is 11.3 Å². The number of aromatic nitrogens is 1. The first-order chi connectivity index (χ1) is 7.57. The van der Waals surface area contributed by atoms with E-state index in [1.165, 1.54) is 12.1 Å². The number of pyridine rings is 1. The normalized spacial score (nSPS) is 11.4. The molecular formula is C12H7F3N. The average molecular weight is 222 g/mol. The van der Waals surface area contributed by atoms with Crippen LogP contribution in [0.2, 0.25) is 0 Å². The quantitative estimate of drug-likeness (QED) is 0.718. The fraction of sp³-hybridized carbons (Fsp3) is 0.0833. The molecule has 81 valence electrons. The molecule has 0 unspecified atom stereocenters. The Morgan fingerprint density at radius 3 is 2.25 bits per heavy atom. The van der Waals surface area contributed by atoms with Gasteiger partial charge in [-0.1, -0.05) is 12.1 Å². The zero-order valence-electron chi connectivity index (χ0n) is 8.12. The second-order valence-corrected chi connectivity index (χ2v) is 3.22. The van der Waals surface area contributed by atoms with Crippen LogP contribution in [-0.4, -0.2) is 4.98 Å². The molecule has 2 rings (SSSR count). The highest BCUT2D eigenvalue weighted by atomic mass is 19.4. The Kier molecular flexibility index (Phi) is 2.64. The topological polar surface area (TPSA) is 12.9 Å². The van der Waals surface area contributed by atoms with Gasteiger partial charge in [-0.15, -0.1) is 0 Å². The standard InChI is InChI=1S/C12H7F3N/c13-12(14,15)10-6-4-9(5-7-10)11-3-1-2-8-16-11/h2-8H. The molecule has 0 aliphatic heterocycles. The molecule has 0 N–H and O–H groups in total. The van der Waals surface area contributed by atoms with Crippen LogP contribution in [0.15, 0.2) is 42.6 Å². The molecule has 0 spiro atoms. The first kappa shape index (κ1) is 10.7. The van der Waals surface area contributed by atoms with Crippen LogP contribution in [-0.2, 0) is 6.18 Å². The van der Waals surface area contributed by atoms with E-state index in [9.17, 15) is 13.2 Å². The van der Waals surface area contributed by atoms with E-state index in [0.29, 0.717) is 11.3 Å². The van der Waals surface area contributed by atoms with Crippen LogP contribution >= 0.6 is 0 Å². The van der Waals surface area contributed by atoms with Crippen LogP contribution in [0.5, 0.6) is 0 Å². The van der Waals surface area contributed by atoms with Crippen LogP contribution in [0.4, 0.5) is 13.2 Å². The Morgan fingerprint density at radius 1 is 1.06 bits per heavy atom. The Morgan fingerprint density at radius 2 is 1.75 bits per heavy atom. The van der Waals surface area contributed by atoms with Gasteiger partial charge in [-0.2, -0.15) is 13.2 Å². The first-order valence-corrected chi connectivity index (χ1v) is 4.57. The molecule has 0 amide bonds. The third kappa shape index (κ3) is 2.21. The highest BCUT2D eigenvalue weighted by Gasteiger charge is 2.29. The van der Waals surface area contributed by atoms with Gasteiger partial charge in [0, 0.05) is 11.8 Å². The van der Waals surface area contributed by atoms with Crippen molar-refractivity contribution in [2.24, 2.45) is 0 Å². The molecule has 1 radical (unpaired) electrons. The number of halogens is 3. The predicted molar refractivity (Wildman–Crippen MR) is 53.5 cm³/mol. The van der Waals surface area contributed by atoms with E-state index >= 15 is 0 Å². The van der Waals surface area contributed by atoms with Gasteiger partial charge in [0.2, 0.25) is 0 Å². The number of hydrogen-bond acceptors (Lipinski definition) is 1. The Hall–Kier alpha value is -1.84. The van der Waals surface area contributed by atoms with Gasteiger partial charge < -0.3 is 0 Å². The highest BCUT2D eigenvalue weighted by Crippen LogP contribution is 2.30. The summed E-state index contributed by atoms with van der Waals surface area (Å²) in [5.41, 5.74) is 0.595. The summed E-state index contributed by atoms with van der Waals surface area (Å²) in [5.74, 6) is 0. The van der Waals surface area contributed by atoms with Gasteiger partial charge in [0.05, 0.1) is 11.3 Å². The molecule has 2 aromatic rings. The summed E-state index contributed by atoms with van der Waals surface area (Å²) in [5, 5.41) is 0. The molecule has 0 fully saturated rings. The van der Waals surface area contributed by atoms with Gasteiger partial charge in [0.15, 0.2) is 0 Å². The average Bonchev–Trinajstić information content (AvgIpc) is 2.29. The van der Waals surface area contributed by atoms with Gasteiger partial charge in [0.1, 0.15) is 0 Å². The number of rotatable bonds is 1. The molecule has 0 atom stereocenters. The maximum Gasteiger partial charge on any atom is 0.416 e. The SMILES string of the molecule is FC(F)(F)c1ccc(-c2c[c]ccn2)cc1. The van der Waals surface area contributed by atoms with E-state index in [0.717, 1.165) is 12.1 Å². The minimum atomic E-state index is -4.30. The Balaban J connectivity index is 2.34. The monoisotopic (exact) mass is 222 g/mol.